The van der Waals surface area contributed by atoms with Crippen LogP contribution in [0.3, 0.4) is 0 Å². The van der Waals surface area contributed by atoms with Crippen molar-refractivity contribution in [2.75, 3.05) is 18.4 Å². The summed E-state index contributed by atoms with van der Waals surface area (Å²) in [6.45, 7) is 3.78. The normalized spacial score (nSPS) is 23.7. The van der Waals surface area contributed by atoms with Crippen LogP contribution in [0.5, 0.6) is 0 Å². The molecular formula is C12H17BrN4O. The van der Waals surface area contributed by atoms with Crippen molar-refractivity contribution in [2.45, 2.75) is 26.2 Å². The molecule has 98 valence electrons. The van der Waals surface area contributed by atoms with E-state index in [0.717, 1.165) is 32.4 Å². The van der Waals surface area contributed by atoms with Gasteiger partial charge in [-0.05, 0) is 41.7 Å². The van der Waals surface area contributed by atoms with Gasteiger partial charge in [0, 0.05) is 6.54 Å². The van der Waals surface area contributed by atoms with Gasteiger partial charge in [0.1, 0.15) is 4.60 Å². The molecular weight excluding hydrogens is 296 g/mol. The summed E-state index contributed by atoms with van der Waals surface area (Å²) in [5.41, 5.74) is -0.312. The Labute approximate surface area is 115 Å². The van der Waals surface area contributed by atoms with E-state index in [9.17, 15) is 4.79 Å². The van der Waals surface area contributed by atoms with Gasteiger partial charge in [0.05, 0.1) is 17.8 Å². The van der Waals surface area contributed by atoms with Crippen LogP contribution in [0, 0.1) is 5.41 Å². The Kier molecular flexibility index (Phi) is 4.29. The predicted molar refractivity (Wildman–Crippen MR) is 73.2 cm³/mol. The second-order valence-electron chi connectivity index (χ2n) is 4.59. The maximum absolute atomic E-state index is 12.4. The van der Waals surface area contributed by atoms with E-state index in [1.807, 2.05) is 0 Å². The molecule has 0 spiro atoms. The zero-order valence-corrected chi connectivity index (χ0v) is 12.0. The first-order valence-corrected chi connectivity index (χ1v) is 6.95. The Bertz CT molecular complexity index is 415. The number of nitrogens with zero attached hydrogens (tertiary/aromatic N) is 2. The molecule has 1 atom stereocenters. The molecule has 0 aromatic carbocycles. The monoisotopic (exact) mass is 312 g/mol. The van der Waals surface area contributed by atoms with E-state index in [0.29, 0.717) is 10.4 Å². The molecule has 1 aromatic rings. The number of rotatable bonds is 3. The summed E-state index contributed by atoms with van der Waals surface area (Å²) in [6, 6.07) is 0. The van der Waals surface area contributed by atoms with Gasteiger partial charge in [0.25, 0.3) is 0 Å². The summed E-state index contributed by atoms with van der Waals surface area (Å²) in [5, 5.41) is 6.16. The molecule has 2 heterocycles. The molecule has 0 saturated carbocycles. The van der Waals surface area contributed by atoms with E-state index in [2.05, 4.69) is 43.5 Å². The maximum Gasteiger partial charge on any atom is 0.233 e. The van der Waals surface area contributed by atoms with Crippen molar-refractivity contribution in [1.29, 1.82) is 0 Å². The van der Waals surface area contributed by atoms with E-state index in [1.165, 1.54) is 0 Å². The van der Waals surface area contributed by atoms with E-state index in [-0.39, 0.29) is 11.3 Å². The molecule has 1 unspecified atom stereocenters. The number of hydrogen-bond acceptors (Lipinski definition) is 4. The Balaban J connectivity index is 2.07. The molecule has 0 bridgehead atoms. The average molecular weight is 313 g/mol. The highest BCUT2D eigenvalue weighted by Gasteiger charge is 2.37. The highest BCUT2D eigenvalue weighted by atomic mass is 79.9. The number of carbonyl (C=O) groups is 1. The maximum atomic E-state index is 12.4. The molecule has 2 rings (SSSR count). The largest absolute Gasteiger partial charge is 0.316 e. The summed E-state index contributed by atoms with van der Waals surface area (Å²) in [6.07, 6.45) is 5.92. The van der Waals surface area contributed by atoms with Crippen LogP contribution in [-0.2, 0) is 4.79 Å². The van der Waals surface area contributed by atoms with Crippen LogP contribution in [0.4, 0.5) is 5.82 Å². The van der Waals surface area contributed by atoms with Gasteiger partial charge in [-0.3, -0.25) is 4.79 Å². The number of hydrogen-bond donors (Lipinski definition) is 2. The molecule has 1 aromatic heterocycles. The van der Waals surface area contributed by atoms with E-state index in [1.54, 1.807) is 12.4 Å². The van der Waals surface area contributed by atoms with E-state index < -0.39 is 0 Å². The molecule has 1 aliphatic rings. The summed E-state index contributed by atoms with van der Waals surface area (Å²) in [7, 11) is 0. The first-order chi connectivity index (χ1) is 8.66. The molecule has 1 amide bonds. The summed E-state index contributed by atoms with van der Waals surface area (Å²) in [4.78, 5) is 20.5. The van der Waals surface area contributed by atoms with Crippen LogP contribution in [-0.4, -0.2) is 29.0 Å². The van der Waals surface area contributed by atoms with Crippen molar-refractivity contribution in [3.8, 4) is 0 Å². The standard InChI is InChI=1S/C12H17BrN4O/c1-2-12(4-3-5-14-8-12)11(18)17-10-7-15-9(13)6-16-10/h6-7,14H,2-5,8H2,1H3,(H,16,17,18). The quantitative estimate of drug-likeness (QED) is 0.895. The van der Waals surface area contributed by atoms with Gasteiger partial charge in [-0.25, -0.2) is 9.97 Å². The van der Waals surface area contributed by atoms with Crippen molar-refractivity contribution in [1.82, 2.24) is 15.3 Å². The van der Waals surface area contributed by atoms with Gasteiger partial charge in [0.15, 0.2) is 5.82 Å². The SMILES string of the molecule is CCC1(C(=O)Nc2cnc(Br)cn2)CCCNC1. The number of anilines is 1. The van der Waals surface area contributed by atoms with Crippen LogP contribution in [0.25, 0.3) is 0 Å². The fourth-order valence-electron chi connectivity index (χ4n) is 2.25. The average Bonchev–Trinajstić information content (AvgIpc) is 2.42. The highest BCUT2D eigenvalue weighted by Crippen LogP contribution is 2.31. The van der Waals surface area contributed by atoms with Gasteiger partial charge >= 0.3 is 0 Å². The summed E-state index contributed by atoms with van der Waals surface area (Å²) >= 11 is 3.22. The number of piperidine rings is 1. The molecule has 0 radical (unpaired) electrons. The van der Waals surface area contributed by atoms with E-state index >= 15 is 0 Å². The Morgan fingerprint density at radius 1 is 1.56 bits per heavy atom. The third-order valence-electron chi connectivity index (χ3n) is 3.49. The molecule has 0 aliphatic carbocycles. The number of halogens is 1. The molecule has 1 aliphatic heterocycles. The lowest BCUT2D eigenvalue weighted by Crippen LogP contribution is -2.47. The number of carbonyl (C=O) groups excluding carboxylic acids is 1. The topological polar surface area (TPSA) is 66.9 Å². The Morgan fingerprint density at radius 2 is 2.39 bits per heavy atom. The lowest BCUT2D eigenvalue weighted by Gasteiger charge is -2.35. The number of amides is 1. The van der Waals surface area contributed by atoms with Crippen molar-refractivity contribution < 1.29 is 4.79 Å². The predicted octanol–water partition coefficient (Wildman–Crippen LogP) is 1.96. The highest BCUT2D eigenvalue weighted by molar-refractivity contribution is 9.10. The van der Waals surface area contributed by atoms with Crippen molar-refractivity contribution in [2.24, 2.45) is 5.41 Å². The van der Waals surface area contributed by atoms with Gasteiger partial charge < -0.3 is 10.6 Å². The van der Waals surface area contributed by atoms with Crippen LogP contribution in [0.1, 0.15) is 26.2 Å². The molecule has 1 fully saturated rings. The first kappa shape index (κ1) is 13.4. The third kappa shape index (κ3) is 2.87. The minimum absolute atomic E-state index is 0.0359. The Hall–Kier alpha value is -1.01. The second-order valence-corrected chi connectivity index (χ2v) is 5.41. The molecule has 18 heavy (non-hydrogen) atoms. The first-order valence-electron chi connectivity index (χ1n) is 6.16. The van der Waals surface area contributed by atoms with Gasteiger partial charge in [0.2, 0.25) is 5.91 Å². The van der Waals surface area contributed by atoms with Crippen LogP contribution >= 0.6 is 15.9 Å². The Morgan fingerprint density at radius 3 is 2.94 bits per heavy atom. The fourth-order valence-corrected chi connectivity index (χ4v) is 2.45. The lowest BCUT2D eigenvalue weighted by atomic mass is 9.77. The zero-order valence-electron chi connectivity index (χ0n) is 10.4. The number of nitrogens with one attached hydrogen (secondary N) is 2. The molecule has 5 nitrogen and oxygen atoms in total. The molecule has 1 saturated heterocycles. The van der Waals surface area contributed by atoms with Crippen LogP contribution in [0.2, 0.25) is 0 Å². The van der Waals surface area contributed by atoms with Crippen LogP contribution in [0.15, 0.2) is 17.0 Å². The van der Waals surface area contributed by atoms with E-state index in [4.69, 9.17) is 0 Å². The molecule has 6 heteroatoms. The third-order valence-corrected chi connectivity index (χ3v) is 3.90. The van der Waals surface area contributed by atoms with Crippen molar-refractivity contribution in [3.05, 3.63) is 17.0 Å². The van der Waals surface area contributed by atoms with Gasteiger partial charge in [-0.15, -0.1) is 0 Å². The molecule has 2 N–H and O–H groups in total. The van der Waals surface area contributed by atoms with Gasteiger partial charge in [-0.2, -0.15) is 0 Å². The minimum Gasteiger partial charge on any atom is -0.316 e. The summed E-state index contributed by atoms with van der Waals surface area (Å²) < 4.78 is 0.657. The minimum atomic E-state index is -0.312. The second kappa shape index (κ2) is 5.75. The lowest BCUT2D eigenvalue weighted by molar-refractivity contribution is -0.126. The smallest absolute Gasteiger partial charge is 0.233 e. The van der Waals surface area contributed by atoms with Crippen molar-refractivity contribution >= 4 is 27.7 Å². The summed E-state index contributed by atoms with van der Waals surface area (Å²) in [5.74, 6) is 0.537. The van der Waals surface area contributed by atoms with Crippen molar-refractivity contribution in [3.63, 3.8) is 0 Å². The fraction of sp³-hybridized carbons (Fsp3) is 0.583. The van der Waals surface area contributed by atoms with Gasteiger partial charge in [-0.1, -0.05) is 6.92 Å². The zero-order chi connectivity index (χ0) is 13.0. The number of aromatic nitrogens is 2. The van der Waals surface area contributed by atoms with Crippen LogP contribution < -0.4 is 10.6 Å².